The number of thioether (sulfide) groups is 1. The van der Waals surface area contributed by atoms with E-state index in [9.17, 15) is 19.5 Å². The normalized spacial score (nSPS) is 34.9. The Morgan fingerprint density at radius 1 is 1.00 bits per heavy atom. The summed E-state index contributed by atoms with van der Waals surface area (Å²) in [4.78, 5) is 48.8. The van der Waals surface area contributed by atoms with Gasteiger partial charge >= 0.3 is 5.97 Å². The second-order valence-electron chi connectivity index (χ2n) is 12.1. The third-order valence-corrected chi connectivity index (χ3v) is 11.3. The summed E-state index contributed by atoms with van der Waals surface area (Å²) < 4.78 is 9.54. The summed E-state index contributed by atoms with van der Waals surface area (Å²) in [6.07, 6.45) is 10.1. The number of hydrogen-bond donors (Lipinski definition) is 1. The van der Waals surface area contributed by atoms with E-state index in [0.717, 1.165) is 38.0 Å². The van der Waals surface area contributed by atoms with Crippen molar-refractivity contribution in [3.05, 3.63) is 60.2 Å². The Labute approximate surface area is 251 Å². The van der Waals surface area contributed by atoms with Gasteiger partial charge in [0.2, 0.25) is 11.8 Å². The number of aliphatic hydroxyl groups excluding tert-OH is 1. The molecule has 1 spiro atoms. The molecule has 1 aromatic rings. The fourth-order valence-corrected chi connectivity index (χ4v) is 9.58. The van der Waals surface area contributed by atoms with Gasteiger partial charge in [0.25, 0.3) is 0 Å². The van der Waals surface area contributed by atoms with Gasteiger partial charge in [0.05, 0.1) is 49.1 Å². The number of carbonyl (C=O) groups excluding carboxylic acids is 3. The van der Waals surface area contributed by atoms with E-state index in [4.69, 9.17) is 9.47 Å². The molecule has 6 rings (SSSR count). The number of cyclic esters (lactones) is 1. The number of morpholine rings is 1. The van der Waals surface area contributed by atoms with E-state index in [2.05, 4.69) is 17.1 Å². The Morgan fingerprint density at radius 3 is 2.55 bits per heavy atom. The van der Waals surface area contributed by atoms with Crippen molar-refractivity contribution in [1.82, 2.24) is 14.7 Å². The van der Waals surface area contributed by atoms with E-state index in [1.54, 1.807) is 16.7 Å². The maximum absolute atomic E-state index is 14.7. The molecule has 10 heteroatoms. The highest BCUT2D eigenvalue weighted by Gasteiger charge is 2.74. The van der Waals surface area contributed by atoms with Crippen molar-refractivity contribution in [3.8, 4) is 0 Å². The van der Waals surface area contributed by atoms with Gasteiger partial charge in [0.1, 0.15) is 6.04 Å². The number of esters is 1. The third kappa shape index (κ3) is 5.20. The molecule has 5 heterocycles. The number of carbonyl (C=O) groups is 3. The van der Waals surface area contributed by atoms with E-state index in [1.807, 2.05) is 54.3 Å². The van der Waals surface area contributed by atoms with E-state index in [-0.39, 0.29) is 24.4 Å². The van der Waals surface area contributed by atoms with E-state index in [0.29, 0.717) is 39.3 Å². The topological polar surface area (TPSA) is 99.6 Å². The molecule has 1 N–H and O–H groups in total. The quantitative estimate of drug-likeness (QED) is 0.377. The maximum atomic E-state index is 14.7. The number of aliphatic hydroxyl groups is 1. The van der Waals surface area contributed by atoms with E-state index in [1.165, 1.54) is 0 Å². The van der Waals surface area contributed by atoms with Gasteiger partial charge in [-0.15, -0.1) is 11.8 Å². The van der Waals surface area contributed by atoms with Gasteiger partial charge in [-0.2, -0.15) is 0 Å². The Kier molecular flexibility index (Phi) is 8.51. The predicted molar refractivity (Wildman–Crippen MR) is 160 cm³/mol. The van der Waals surface area contributed by atoms with Gasteiger partial charge < -0.3 is 24.4 Å². The second kappa shape index (κ2) is 12.1. The van der Waals surface area contributed by atoms with Crippen LogP contribution in [-0.4, -0.2) is 118 Å². The molecule has 6 atom stereocenters. The Morgan fingerprint density at radius 2 is 1.79 bits per heavy atom. The molecule has 226 valence electrons. The van der Waals surface area contributed by atoms with Crippen LogP contribution >= 0.6 is 11.8 Å². The predicted octanol–water partition coefficient (Wildman–Crippen LogP) is 1.90. The van der Waals surface area contributed by atoms with Crippen LogP contribution in [0.4, 0.5) is 0 Å². The van der Waals surface area contributed by atoms with Crippen molar-refractivity contribution >= 4 is 29.5 Å². The van der Waals surface area contributed by atoms with Crippen LogP contribution in [0.25, 0.3) is 0 Å². The van der Waals surface area contributed by atoms with Crippen LogP contribution in [0.1, 0.15) is 25.3 Å². The molecule has 0 radical (unpaired) electrons. The molecule has 0 aliphatic carbocycles. The number of hydrogen-bond acceptors (Lipinski definition) is 8. The summed E-state index contributed by atoms with van der Waals surface area (Å²) in [5.74, 6) is -2.29. The Balaban J connectivity index is 1.40. The minimum absolute atomic E-state index is 0.129. The lowest BCUT2D eigenvalue weighted by Crippen LogP contribution is -2.58. The van der Waals surface area contributed by atoms with Crippen molar-refractivity contribution in [1.29, 1.82) is 0 Å². The first-order valence-corrected chi connectivity index (χ1v) is 16.0. The monoisotopic (exact) mass is 595 g/mol. The maximum Gasteiger partial charge on any atom is 0.311 e. The molecule has 0 aromatic heterocycles. The number of amides is 2. The first-order valence-electron chi connectivity index (χ1n) is 15.2. The number of fused-ring (bicyclic) bond motifs is 2. The van der Waals surface area contributed by atoms with Crippen molar-refractivity contribution in [2.75, 3.05) is 59.2 Å². The average molecular weight is 596 g/mol. The van der Waals surface area contributed by atoms with Gasteiger partial charge in [0.15, 0.2) is 0 Å². The zero-order chi connectivity index (χ0) is 29.3. The van der Waals surface area contributed by atoms with Crippen molar-refractivity contribution in [3.63, 3.8) is 0 Å². The SMILES string of the molecule is C[C@@]12/C=C\CCCOC(=O)[C@@H]1[C@H]1C(=O)N([C@@H](CO)Cc3ccccc3)C3C(=O)N(CCN4CCOCC4)CC=C[C@@]31S2. The largest absolute Gasteiger partial charge is 0.465 e. The van der Waals surface area contributed by atoms with Crippen molar-refractivity contribution in [2.45, 2.75) is 47.8 Å². The highest BCUT2D eigenvalue weighted by Crippen LogP contribution is 2.65. The highest BCUT2D eigenvalue weighted by molar-refractivity contribution is 8.02. The minimum atomic E-state index is -0.964. The second-order valence-corrected chi connectivity index (χ2v) is 13.9. The summed E-state index contributed by atoms with van der Waals surface area (Å²) >= 11 is 1.55. The summed E-state index contributed by atoms with van der Waals surface area (Å²) in [6, 6.07) is 8.26. The van der Waals surface area contributed by atoms with Crippen LogP contribution < -0.4 is 0 Å². The average Bonchev–Trinajstić information content (AvgIpc) is 3.36. The lowest BCUT2D eigenvalue weighted by Gasteiger charge is -2.40. The molecule has 3 saturated heterocycles. The molecule has 1 unspecified atom stereocenters. The van der Waals surface area contributed by atoms with Crippen LogP contribution in [0.2, 0.25) is 0 Å². The van der Waals surface area contributed by atoms with Crippen molar-refractivity contribution in [2.24, 2.45) is 11.8 Å². The summed E-state index contributed by atoms with van der Waals surface area (Å²) in [5, 5.41) is 10.7. The van der Waals surface area contributed by atoms with Crippen molar-refractivity contribution < 1.29 is 29.0 Å². The summed E-state index contributed by atoms with van der Waals surface area (Å²) in [6.45, 7) is 6.70. The first-order chi connectivity index (χ1) is 20.4. The number of benzene rings is 1. The zero-order valence-electron chi connectivity index (χ0n) is 24.2. The van der Waals surface area contributed by atoms with Crippen LogP contribution in [0.3, 0.4) is 0 Å². The highest BCUT2D eigenvalue weighted by atomic mass is 32.2. The molecule has 5 aliphatic rings. The van der Waals surface area contributed by atoms with Crippen LogP contribution in [0, 0.1) is 11.8 Å². The number of nitrogens with zero attached hydrogens (tertiary/aromatic N) is 3. The van der Waals surface area contributed by atoms with Gasteiger partial charge in [-0.3, -0.25) is 19.3 Å². The van der Waals surface area contributed by atoms with Crippen LogP contribution in [0.5, 0.6) is 0 Å². The molecule has 9 nitrogen and oxygen atoms in total. The van der Waals surface area contributed by atoms with Gasteiger partial charge in [0, 0.05) is 37.5 Å². The zero-order valence-corrected chi connectivity index (χ0v) is 25.0. The Hall–Kier alpha value is -2.66. The lowest BCUT2D eigenvalue weighted by atomic mass is 9.74. The Bertz CT molecular complexity index is 1240. The standard InChI is InChI=1S/C32H41N3O6S/c1-31-11-6-3-7-18-41-30(39)26(31)25-28(37)35(24(22-36)21-23-9-4-2-5-10-23)27-29(38)34(13-8-12-32(25,27)42-31)15-14-33-16-19-40-20-17-33/h2,4-6,8-12,24-27,36H,3,7,13-22H2,1H3/b11-6-/t24-,25+,26+,27?,31-,32+/m1/s1. The molecule has 5 aliphatic heterocycles. The fraction of sp³-hybridized carbons (Fsp3) is 0.594. The smallest absolute Gasteiger partial charge is 0.311 e. The summed E-state index contributed by atoms with van der Waals surface area (Å²) in [7, 11) is 0. The van der Waals surface area contributed by atoms with Crippen LogP contribution in [0.15, 0.2) is 54.6 Å². The lowest BCUT2D eigenvalue weighted by molar-refractivity contribution is -0.154. The number of ether oxygens (including phenoxy) is 2. The number of allylic oxidation sites excluding steroid dienone is 1. The van der Waals surface area contributed by atoms with Gasteiger partial charge in [-0.05, 0) is 31.7 Å². The molecule has 3 fully saturated rings. The molecular formula is C32H41N3O6S. The van der Waals surface area contributed by atoms with E-state index >= 15 is 0 Å². The molecule has 1 aromatic carbocycles. The van der Waals surface area contributed by atoms with Gasteiger partial charge in [-0.1, -0.05) is 54.6 Å². The first kappa shape index (κ1) is 29.4. The summed E-state index contributed by atoms with van der Waals surface area (Å²) in [5.41, 5.74) is 0.971. The molecule has 0 saturated carbocycles. The molecule has 42 heavy (non-hydrogen) atoms. The van der Waals surface area contributed by atoms with E-state index < -0.39 is 33.4 Å². The molecular weight excluding hydrogens is 554 g/mol. The minimum Gasteiger partial charge on any atom is -0.465 e. The molecule has 2 amide bonds. The van der Waals surface area contributed by atoms with Crippen LogP contribution in [-0.2, 0) is 30.3 Å². The molecule has 0 bridgehead atoms. The third-order valence-electron chi connectivity index (χ3n) is 9.48. The number of likely N-dealkylation sites (tertiary alicyclic amines) is 1. The van der Waals surface area contributed by atoms with Gasteiger partial charge in [-0.25, -0.2) is 0 Å². The number of rotatable bonds is 7. The fourth-order valence-electron chi connectivity index (χ4n) is 7.44.